The van der Waals surface area contributed by atoms with Gasteiger partial charge in [0, 0.05) is 10.9 Å². The summed E-state index contributed by atoms with van der Waals surface area (Å²) >= 11 is 0. The van der Waals surface area contributed by atoms with Crippen LogP contribution in [0.15, 0.2) is 84.9 Å². The average Bonchev–Trinajstić information content (AvgIpc) is 3.11. The third kappa shape index (κ3) is 5.35. The van der Waals surface area contributed by atoms with Crippen LogP contribution in [0.3, 0.4) is 0 Å². The molecular weight excluding hydrogens is 479 g/mol. The van der Waals surface area contributed by atoms with Crippen LogP contribution >= 0.6 is 0 Å². The molecule has 0 amide bonds. The first-order valence-corrected chi connectivity index (χ1v) is 11.8. The van der Waals surface area contributed by atoms with Crippen molar-refractivity contribution in [2.45, 2.75) is 38.7 Å². The minimum Gasteiger partial charge on any atom is -0.487 e. The van der Waals surface area contributed by atoms with E-state index in [1.165, 1.54) is 12.1 Å². The lowest BCUT2D eigenvalue weighted by molar-refractivity contribution is -0.127. The number of nitrogens with zero attached hydrogens (tertiary/aromatic N) is 1. The van der Waals surface area contributed by atoms with Crippen LogP contribution in [0.25, 0.3) is 22.2 Å². The van der Waals surface area contributed by atoms with Crippen LogP contribution in [0.5, 0.6) is 5.75 Å². The number of ether oxygens (including phenoxy) is 2. The molecule has 0 fully saturated rings. The first-order chi connectivity index (χ1) is 17.6. The van der Waals surface area contributed by atoms with Gasteiger partial charge in [-0.15, -0.1) is 0 Å². The molecule has 4 nitrogen and oxygen atoms in total. The highest BCUT2D eigenvalue weighted by Gasteiger charge is 2.42. The number of hydrogen-bond acceptors (Lipinski definition) is 4. The number of Topliss-reactive ketones (excluding diaryl/α,β-unsaturated/α-hetero) is 1. The van der Waals surface area contributed by atoms with Crippen molar-refractivity contribution in [2.75, 3.05) is 0 Å². The summed E-state index contributed by atoms with van der Waals surface area (Å²) in [4.78, 5) is 17.8. The highest BCUT2D eigenvalue weighted by Crippen LogP contribution is 2.41. The first-order valence-electron chi connectivity index (χ1n) is 11.8. The van der Waals surface area contributed by atoms with Gasteiger partial charge in [-0.3, -0.25) is 4.79 Å². The monoisotopic (exact) mass is 503 g/mol. The van der Waals surface area contributed by atoms with Crippen LogP contribution < -0.4 is 4.74 Å². The smallest absolute Gasteiger partial charge is 0.393 e. The largest absolute Gasteiger partial charge is 0.487 e. The van der Waals surface area contributed by atoms with Gasteiger partial charge in [0.25, 0.3) is 0 Å². The van der Waals surface area contributed by atoms with Crippen molar-refractivity contribution in [1.29, 1.82) is 0 Å². The van der Waals surface area contributed by atoms with Crippen molar-refractivity contribution >= 4 is 28.0 Å². The number of aromatic nitrogens is 1. The van der Waals surface area contributed by atoms with E-state index < -0.39 is 18.2 Å². The van der Waals surface area contributed by atoms with Crippen molar-refractivity contribution in [1.82, 2.24) is 4.98 Å². The Hall–Kier alpha value is -4.13. The molecule has 7 heteroatoms. The maximum atomic E-state index is 13.2. The Labute approximate surface area is 212 Å². The van der Waals surface area contributed by atoms with Crippen molar-refractivity contribution in [3.8, 4) is 5.75 Å². The SMILES string of the molecule is CC1(C)OC(c2ccc(CC(F)(F)F)cc2)=C(c2ccc(OCc3ccc4ccccc4n3)cc2)C1=O. The molecule has 0 N–H and O–H groups in total. The molecule has 1 aliphatic rings. The fourth-order valence-electron chi connectivity index (χ4n) is 4.29. The molecule has 0 atom stereocenters. The summed E-state index contributed by atoms with van der Waals surface area (Å²) < 4.78 is 50.1. The number of carbonyl (C=O) groups is 1. The van der Waals surface area contributed by atoms with Gasteiger partial charge in [0.2, 0.25) is 5.78 Å². The van der Waals surface area contributed by atoms with Crippen molar-refractivity contribution in [3.63, 3.8) is 0 Å². The van der Waals surface area contributed by atoms with Gasteiger partial charge in [-0.2, -0.15) is 13.2 Å². The topological polar surface area (TPSA) is 48.4 Å². The van der Waals surface area contributed by atoms with Gasteiger partial charge < -0.3 is 9.47 Å². The maximum absolute atomic E-state index is 13.2. The van der Waals surface area contributed by atoms with E-state index in [-0.39, 0.29) is 18.0 Å². The van der Waals surface area contributed by atoms with E-state index in [9.17, 15) is 18.0 Å². The number of alkyl halides is 3. The standard InChI is InChI=1S/C30H24F3NO3/c1-29(2)28(35)26(27(37-29)22-9-7-19(8-10-22)17-30(31,32)33)21-12-15-24(16-13-21)36-18-23-14-11-20-5-3-4-6-25(20)34-23/h3-16H,17-18H2,1-2H3. The molecule has 0 saturated heterocycles. The van der Waals surface area contributed by atoms with Gasteiger partial charge in [0.15, 0.2) is 5.60 Å². The molecular formula is C30H24F3NO3. The van der Waals surface area contributed by atoms with E-state index in [2.05, 4.69) is 4.98 Å². The first kappa shape index (κ1) is 24.6. The predicted molar refractivity (Wildman–Crippen MR) is 136 cm³/mol. The summed E-state index contributed by atoms with van der Waals surface area (Å²) in [6, 6.07) is 24.8. The Bertz CT molecular complexity index is 1490. The molecule has 188 valence electrons. The number of fused-ring (bicyclic) bond motifs is 1. The molecule has 0 spiro atoms. The number of hydrogen-bond donors (Lipinski definition) is 0. The van der Waals surface area contributed by atoms with Gasteiger partial charge >= 0.3 is 6.18 Å². The zero-order chi connectivity index (χ0) is 26.2. The molecule has 2 heterocycles. The van der Waals surface area contributed by atoms with Crippen LogP contribution in [-0.4, -0.2) is 22.5 Å². The Morgan fingerprint density at radius 3 is 2.24 bits per heavy atom. The summed E-state index contributed by atoms with van der Waals surface area (Å²) in [6.45, 7) is 3.64. The Morgan fingerprint density at radius 1 is 0.865 bits per heavy atom. The summed E-state index contributed by atoms with van der Waals surface area (Å²) in [5, 5.41) is 1.06. The third-order valence-electron chi connectivity index (χ3n) is 6.16. The van der Waals surface area contributed by atoms with Gasteiger partial charge in [0.1, 0.15) is 18.1 Å². The second-order valence-corrected chi connectivity index (χ2v) is 9.44. The summed E-state index contributed by atoms with van der Waals surface area (Å²) in [5.74, 6) is 0.765. The number of ketones is 1. The fourth-order valence-corrected chi connectivity index (χ4v) is 4.29. The molecule has 0 radical (unpaired) electrons. The van der Waals surface area contributed by atoms with E-state index in [0.717, 1.165) is 16.6 Å². The van der Waals surface area contributed by atoms with Crippen LogP contribution in [0, 0.1) is 0 Å². The van der Waals surface area contributed by atoms with Gasteiger partial charge in [0.05, 0.1) is 23.2 Å². The number of rotatable bonds is 6. The van der Waals surface area contributed by atoms with E-state index in [1.807, 2.05) is 36.4 Å². The number of pyridine rings is 1. The quantitative estimate of drug-likeness (QED) is 0.280. The minimum absolute atomic E-state index is 0.143. The summed E-state index contributed by atoms with van der Waals surface area (Å²) in [7, 11) is 0. The molecule has 5 rings (SSSR count). The Kier molecular flexibility index (Phi) is 6.23. The zero-order valence-electron chi connectivity index (χ0n) is 20.3. The van der Waals surface area contributed by atoms with Crippen molar-refractivity contribution in [3.05, 3.63) is 107 Å². The number of para-hydroxylation sites is 1. The van der Waals surface area contributed by atoms with Crippen LogP contribution in [0.1, 0.15) is 36.2 Å². The molecule has 3 aromatic carbocycles. The van der Waals surface area contributed by atoms with Crippen molar-refractivity contribution in [2.24, 2.45) is 0 Å². The van der Waals surface area contributed by atoms with Crippen LogP contribution in [-0.2, 0) is 22.6 Å². The Balaban J connectivity index is 1.37. The predicted octanol–water partition coefficient (Wildman–Crippen LogP) is 7.16. The van der Waals surface area contributed by atoms with E-state index in [1.54, 1.807) is 50.2 Å². The highest BCUT2D eigenvalue weighted by molar-refractivity contribution is 6.32. The lowest BCUT2D eigenvalue weighted by Crippen LogP contribution is -2.29. The summed E-state index contributed by atoms with van der Waals surface area (Å²) in [5.41, 5.74) is 2.31. The maximum Gasteiger partial charge on any atom is 0.393 e. The number of carbonyl (C=O) groups excluding carboxylic acids is 1. The van der Waals surface area contributed by atoms with Gasteiger partial charge in [-0.25, -0.2) is 4.98 Å². The third-order valence-corrected chi connectivity index (χ3v) is 6.16. The summed E-state index contributed by atoms with van der Waals surface area (Å²) in [6.07, 6.45) is -5.30. The van der Waals surface area contributed by atoms with E-state index >= 15 is 0 Å². The minimum atomic E-state index is -4.29. The zero-order valence-corrected chi connectivity index (χ0v) is 20.3. The lowest BCUT2D eigenvalue weighted by atomic mass is 9.92. The number of halogens is 3. The Morgan fingerprint density at radius 2 is 1.54 bits per heavy atom. The highest BCUT2D eigenvalue weighted by atomic mass is 19.4. The van der Waals surface area contributed by atoms with Crippen molar-refractivity contribution < 1.29 is 27.4 Å². The van der Waals surface area contributed by atoms with Crippen LogP contribution in [0.4, 0.5) is 13.2 Å². The average molecular weight is 504 g/mol. The molecule has 0 bridgehead atoms. The molecule has 1 aliphatic heterocycles. The molecule has 1 aromatic heterocycles. The second-order valence-electron chi connectivity index (χ2n) is 9.44. The van der Waals surface area contributed by atoms with Gasteiger partial charge in [-0.05, 0) is 49.2 Å². The van der Waals surface area contributed by atoms with E-state index in [0.29, 0.717) is 28.2 Å². The second kappa shape index (κ2) is 9.39. The number of benzene rings is 3. The molecule has 0 aliphatic carbocycles. The van der Waals surface area contributed by atoms with E-state index in [4.69, 9.17) is 9.47 Å². The fraction of sp³-hybridized carbons (Fsp3) is 0.200. The van der Waals surface area contributed by atoms with Crippen LogP contribution in [0.2, 0.25) is 0 Å². The lowest BCUT2D eigenvalue weighted by Gasteiger charge is -2.18. The molecule has 4 aromatic rings. The van der Waals surface area contributed by atoms with Gasteiger partial charge in [-0.1, -0.05) is 60.7 Å². The molecule has 0 unspecified atom stereocenters. The molecule has 0 saturated carbocycles. The molecule has 37 heavy (non-hydrogen) atoms. The normalized spacial score (nSPS) is 15.2.